The number of hydrogen-bond acceptors (Lipinski definition) is 5. The van der Waals surface area contributed by atoms with Crippen LogP contribution < -0.4 is 10.3 Å². The van der Waals surface area contributed by atoms with Crippen molar-refractivity contribution in [3.63, 3.8) is 0 Å². The molecule has 0 bridgehead atoms. The van der Waals surface area contributed by atoms with Crippen molar-refractivity contribution >= 4 is 11.7 Å². The van der Waals surface area contributed by atoms with Gasteiger partial charge in [0, 0.05) is 6.20 Å². The standard InChI is InChI=1S/C19H11FN4O2/c1-12-3-2-8-24-17(12)23-18(26-15-6-4-14(20)5-7-15)16(19(24)25)9-13(10-21)11-22/h2-9H,1H3. The van der Waals surface area contributed by atoms with Crippen molar-refractivity contribution in [3.8, 4) is 23.8 Å². The lowest BCUT2D eigenvalue weighted by molar-refractivity contribution is 0.459. The Kier molecular flexibility index (Phi) is 4.46. The topological polar surface area (TPSA) is 91.2 Å². The molecule has 1 aromatic carbocycles. The van der Waals surface area contributed by atoms with E-state index in [9.17, 15) is 9.18 Å². The molecule has 0 amide bonds. The highest BCUT2D eigenvalue weighted by molar-refractivity contribution is 5.66. The molecule has 0 spiro atoms. The Morgan fingerprint density at radius 3 is 2.58 bits per heavy atom. The van der Waals surface area contributed by atoms with E-state index < -0.39 is 11.4 Å². The average Bonchev–Trinajstić information content (AvgIpc) is 2.64. The molecule has 0 aliphatic rings. The van der Waals surface area contributed by atoms with Crippen LogP contribution in [0.5, 0.6) is 11.6 Å². The van der Waals surface area contributed by atoms with Gasteiger partial charge < -0.3 is 4.74 Å². The Labute approximate surface area is 147 Å². The van der Waals surface area contributed by atoms with Crippen molar-refractivity contribution < 1.29 is 9.13 Å². The zero-order valence-electron chi connectivity index (χ0n) is 13.6. The molecule has 0 aliphatic heterocycles. The highest BCUT2D eigenvalue weighted by Gasteiger charge is 2.15. The molecule has 7 heteroatoms. The molecular weight excluding hydrogens is 335 g/mol. The maximum absolute atomic E-state index is 13.1. The normalized spacial score (nSPS) is 10.0. The molecule has 0 saturated heterocycles. The number of nitrogens with zero attached hydrogens (tertiary/aromatic N) is 4. The van der Waals surface area contributed by atoms with Crippen LogP contribution in [0.3, 0.4) is 0 Å². The number of allylic oxidation sites excluding steroid dienone is 1. The molecule has 3 aromatic rings. The number of aromatic nitrogens is 2. The first-order chi connectivity index (χ1) is 12.5. The van der Waals surface area contributed by atoms with Gasteiger partial charge >= 0.3 is 0 Å². The maximum Gasteiger partial charge on any atom is 0.269 e. The van der Waals surface area contributed by atoms with Crippen LogP contribution in [0, 0.1) is 35.4 Å². The van der Waals surface area contributed by atoms with Gasteiger partial charge in [0.05, 0.1) is 0 Å². The number of aryl methyl sites for hydroxylation is 1. The fourth-order valence-corrected chi connectivity index (χ4v) is 2.34. The largest absolute Gasteiger partial charge is 0.438 e. The van der Waals surface area contributed by atoms with Gasteiger partial charge in [-0.05, 0) is 48.9 Å². The Morgan fingerprint density at radius 1 is 1.23 bits per heavy atom. The van der Waals surface area contributed by atoms with E-state index in [1.165, 1.54) is 34.9 Å². The number of rotatable bonds is 3. The third kappa shape index (κ3) is 3.14. The first-order valence-electron chi connectivity index (χ1n) is 7.51. The minimum atomic E-state index is -0.487. The third-order valence-corrected chi connectivity index (χ3v) is 3.61. The molecule has 0 radical (unpaired) electrons. The van der Waals surface area contributed by atoms with Gasteiger partial charge in [-0.25, -0.2) is 4.39 Å². The van der Waals surface area contributed by atoms with E-state index in [1.807, 2.05) is 0 Å². The first kappa shape index (κ1) is 16.9. The summed E-state index contributed by atoms with van der Waals surface area (Å²) in [6.07, 6.45) is 2.66. The van der Waals surface area contributed by atoms with Crippen molar-refractivity contribution in [1.82, 2.24) is 9.38 Å². The molecule has 6 nitrogen and oxygen atoms in total. The lowest BCUT2D eigenvalue weighted by Gasteiger charge is -2.11. The minimum absolute atomic E-state index is 0.0458. The fourth-order valence-electron chi connectivity index (χ4n) is 2.34. The summed E-state index contributed by atoms with van der Waals surface area (Å²) in [7, 11) is 0. The number of pyridine rings is 1. The van der Waals surface area contributed by atoms with Gasteiger partial charge in [0.2, 0.25) is 5.88 Å². The highest BCUT2D eigenvalue weighted by Crippen LogP contribution is 2.24. The average molecular weight is 346 g/mol. The minimum Gasteiger partial charge on any atom is -0.438 e. The summed E-state index contributed by atoms with van der Waals surface area (Å²) < 4.78 is 20.0. The van der Waals surface area contributed by atoms with Crippen LogP contribution in [0.4, 0.5) is 4.39 Å². The van der Waals surface area contributed by atoms with Gasteiger partial charge in [0.25, 0.3) is 5.56 Å². The third-order valence-electron chi connectivity index (χ3n) is 3.61. The summed E-state index contributed by atoms with van der Waals surface area (Å²) >= 11 is 0. The van der Waals surface area contributed by atoms with E-state index in [2.05, 4.69) is 4.98 Å². The molecule has 0 atom stereocenters. The maximum atomic E-state index is 13.1. The number of ether oxygens (including phenoxy) is 1. The molecule has 0 N–H and O–H groups in total. The SMILES string of the molecule is Cc1cccn2c(=O)c(C=C(C#N)C#N)c(Oc3ccc(F)cc3)nc12. The van der Waals surface area contributed by atoms with Crippen LogP contribution in [-0.2, 0) is 0 Å². The van der Waals surface area contributed by atoms with Crippen molar-refractivity contribution in [1.29, 1.82) is 10.5 Å². The van der Waals surface area contributed by atoms with Gasteiger partial charge in [0.15, 0.2) is 0 Å². The van der Waals surface area contributed by atoms with Crippen molar-refractivity contribution in [2.75, 3.05) is 0 Å². The quantitative estimate of drug-likeness (QED) is 0.678. The number of fused-ring (bicyclic) bond motifs is 1. The predicted octanol–water partition coefficient (Wildman–Crippen LogP) is 3.36. The summed E-state index contributed by atoms with van der Waals surface area (Å²) in [4.78, 5) is 17.2. The summed E-state index contributed by atoms with van der Waals surface area (Å²) in [5, 5.41) is 18.0. The summed E-state index contributed by atoms with van der Waals surface area (Å²) in [5.41, 5.74) is 0.321. The second kappa shape index (κ2) is 6.88. The smallest absolute Gasteiger partial charge is 0.269 e. The van der Waals surface area contributed by atoms with Crippen LogP contribution in [-0.4, -0.2) is 9.38 Å². The zero-order valence-corrected chi connectivity index (χ0v) is 13.6. The molecule has 0 aliphatic carbocycles. The number of benzene rings is 1. The van der Waals surface area contributed by atoms with Crippen LogP contribution >= 0.6 is 0 Å². The fraction of sp³-hybridized carbons (Fsp3) is 0.0526. The predicted molar refractivity (Wildman–Crippen MR) is 91.9 cm³/mol. The molecule has 126 valence electrons. The van der Waals surface area contributed by atoms with E-state index >= 15 is 0 Å². The van der Waals surface area contributed by atoms with Gasteiger partial charge in [-0.2, -0.15) is 15.5 Å². The van der Waals surface area contributed by atoms with E-state index in [0.717, 1.165) is 11.6 Å². The van der Waals surface area contributed by atoms with Crippen LogP contribution in [0.2, 0.25) is 0 Å². The molecule has 2 heterocycles. The number of halogens is 1. The van der Waals surface area contributed by atoms with Crippen molar-refractivity contribution in [2.45, 2.75) is 6.92 Å². The van der Waals surface area contributed by atoms with Gasteiger partial charge in [-0.3, -0.25) is 9.20 Å². The van der Waals surface area contributed by atoms with E-state index in [1.54, 1.807) is 31.2 Å². The second-order valence-corrected chi connectivity index (χ2v) is 5.36. The molecule has 0 unspecified atom stereocenters. The van der Waals surface area contributed by atoms with Crippen LogP contribution in [0.15, 0.2) is 53.0 Å². The van der Waals surface area contributed by atoms with Crippen molar-refractivity contribution in [2.24, 2.45) is 0 Å². The van der Waals surface area contributed by atoms with Crippen molar-refractivity contribution in [3.05, 3.63) is 75.5 Å². The van der Waals surface area contributed by atoms with Gasteiger partial charge in [-0.15, -0.1) is 0 Å². The van der Waals surface area contributed by atoms with E-state index in [0.29, 0.717) is 5.65 Å². The summed E-state index contributed by atoms with van der Waals surface area (Å²) in [5.74, 6) is -0.239. The van der Waals surface area contributed by atoms with E-state index in [4.69, 9.17) is 15.3 Å². The van der Waals surface area contributed by atoms with Crippen LogP contribution in [0.1, 0.15) is 11.1 Å². The Morgan fingerprint density at radius 2 is 1.92 bits per heavy atom. The van der Waals surface area contributed by atoms with Gasteiger partial charge in [-0.1, -0.05) is 6.07 Å². The summed E-state index contributed by atoms with van der Waals surface area (Å²) in [6.45, 7) is 1.79. The van der Waals surface area contributed by atoms with Crippen LogP contribution in [0.25, 0.3) is 11.7 Å². The Bertz CT molecular complexity index is 1150. The molecule has 3 rings (SSSR count). The molecule has 26 heavy (non-hydrogen) atoms. The van der Waals surface area contributed by atoms with Gasteiger partial charge in [0.1, 0.15) is 40.5 Å². The lowest BCUT2D eigenvalue weighted by Crippen LogP contribution is -2.19. The number of hydrogen-bond donors (Lipinski definition) is 0. The second-order valence-electron chi connectivity index (χ2n) is 5.36. The number of nitriles is 2. The molecule has 0 saturated carbocycles. The Hall–Kier alpha value is -3.97. The van der Waals surface area contributed by atoms with E-state index in [-0.39, 0.29) is 22.8 Å². The molecule has 0 fully saturated rings. The summed E-state index contributed by atoms with van der Waals surface area (Å²) in [6, 6.07) is 12.1. The molecular formula is C19H11FN4O2. The molecule has 2 aromatic heterocycles. The monoisotopic (exact) mass is 346 g/mol. The first-order valence-corrected chi connectivity index (χ1v) is 7.51. The lowest BCUT2D eigenvalue weighted by atomic mass is 10.2. The zero-order chi connectivity index (χ0) is 18.7. The highest BCUT2D eigenvalue weighted by atomic mass is 19.1. The Balaban J connectivity index is 2.28.